The molecule has 0 spiro atoms. The summed E-state index contributed by atoms with van der Waals surface area (Å²) in [5.74, 6) is -1.09. The van der Waals surface area contributed by atoms with Crippen LogP contribution in [0.1, 0.15) is 32.4 Å². The van der Waals surface area contributed by atoms with E-state index in [1.807, 2.05) is 13.8 Å². The molecule has 2 heterocycles. The van der Waals surface area contributed by atoms with Gasteiger partial charge in [0.15, 0.2) is 5.82 Å². The molecule has 1 aromatic carbocycles. The number of amides is 1. The Morgan fingerprint density at radius 2 is 1.94 bits per heavy atom. The summed E-state index contributed by atoms with van der Waals surface area (Å²) in [6.07, 6.45) is 1.41. The fourth-order valence-corrected chi connectivity index (χ4v) is 3.06. The second kappa shape index (κ2) is 9.23. The highest BCUT2D eigenvalue weighted by Crippen LogP contribution is 2.31. The number of carbonyl (C=O) groups excluding carboxylic acids is 1. The van der Waals surface area contributed by atoms with E-state index in [9.17, 15) is 19.1 Å². The molecule has 0 aliphatic carbocycles. The summed E-state index contributed by atoms with van der Waals surface area (Å²) in [5.41, 5.74) is 0.899. The zero-order valence-electron chi connectivity index (χ0n) is 17.0. The molecule has 0 bridgehead atoms. The molecular weight excluding hydrogens is 425 g/mol. The number of carbonyl (C=O) groups is 1. The number of aliphatic hydroxyl groups is 1. The van der Waals surface area contributed by atoms with Gasteiger partial charge in [-0.15, -0.1) is 0 Å². The molecule has 10 heteroatoms. The van der Waals surface area contributed by atoms with Crippen LogP contribution in [0.25, 0.3) is 11.1 Å². The molecule has 2 aromatic heterocycles. The van der Waals surface area contributed by atoms with Crippen molar-refractivity contribution in [1.82, 2.24) is 15.0 Å². The molecular formula is C21H21ClFN5O3. The minimum atomic E-state index is -1.23. The van der Waals surface area contributed by atoms with E-state index in [2.05, 4.69) is 25.6 Å². The third-order valence-corrected chi connectivity index (χ3v) is 4.71. The number of anilines is 3. The minimum absolute atomic E-state index is 0.0532. The van der Waals surface area contributed by atoms with Gasteiger partial charge < -0.3 is 20.7 Å². The first-order chi connectivity index (χ1) is 14.7. The highest BCUT2D eigenvalue weighted by atomic mass is 35.5. The molecule has 0 fully saturated rings. The fourth-order valence-electron chi connectivity index (χ4n) is 2.89. The van der Waals surface area contributed by atoms with Crippen LogP contribution in [-0.2, 0) is 4.79 Å². The molecule has 4 N–H and O–H groups in total. The summed E-state index contributed by atoms with van der Waals surface area (Å²) in [6, 6.07) is 5.47. The molecule has 1 atom stereocenters. The number of aliphatic hydroxyl groups excluding tert-OH is 1. The fraction of sp³-hybridized carbons (Fsp3) is 0.238. The summed E-state index contributed by atoms with van der Waals surface area (Å²) in [7, 11) is 0. The number of nitrogens with zero attached hydrogens (tertiary/aromatic N) is 2. The first-order valence-electron chi connectivity index (χ1n) is 9.46. The lowest BCUT2D eigenvalue weighted by Crippen LogP contribution is -2.25. The molecule has 31 heavy (non-hydrogen) atoms. The Hall–Kier alpha value is -3.30. The number of hydrogen-bond donors (Lipinski definition) is 4. The first kappa shape index (κ1) is 22.4. The lowest BCUT2D eigenvalue weighted by molar-refractivity contribution is -0.123. The van der Waals surface area contributed by atoms with Gasteiger partial charge in [-0.05, 0) is 37.1 Å². The maximum Gasteiger partial charge on any atom is 0.256 e. The van der Waals surface area contributed by atoms with Crippen molar-refractivity contribution >= 4 is 34.7 Å². The van der Waals surface area contributed by atoms with Gasteiger partial charge in [0, 0.05) is 16.3 Å². The number of H-pyrrole nitrogens is 1. The summed E-state index contributed by atoms with van der Waals surface area (Å²) in [5, 5.41) is 15.3. The average molecular weight is 446 g/mol. The third-order valence-electron chi connectivity index (χ3n) is 4.47. The summed E-state index contributed by atoms with van der Waals surface area (Å²) >= 11 is 5.99. The third kappa shape index (κ3) is 5.07. The van der Waals surface area contributed by atoms with Crippen molar-refractivity contribution in [3.8, 4) is 11.1 Å². The van der Waals surface area contributed by atoms with Gasteiger partial charge in [-0.25, -0.2) is 14.4 Å². The number of aromatic amines is 1. The van der Waals surface area contributed by atoms with E-state index in [0.29, 0.717) is 11.4 Å². The van der Waals surface area contributed by atoms with Gasteiger partial charge in [0.25, 0.3) is 11.5 Å². The molecule has 0 saturated heterocycles. The average Bonchev–Trinajstić information content (AvgIpc) is 2.72. The standard InChI is InChI=1S/C21H21ClFN5O3/c1-10(2)18-16(26-19-17(8-24-9-25-19)27-20(30)11(3)29)7-14(21(31)28-18)13-6-12(22)4-5-15(13)23/h4-11,29H,1-3H3,(H,27,30)(H,28,31)(H,24,25,26)/t11-/m0/s1. The molecule has 0 radical (unpaired) electrons. The van der Waals surface area contributed by atoms with Crippen molar-refractivity contribution in [2.24, 2.45) is 0 Å². The van der Waals surface area contributed by atoms with E-state index in [0.717, 1.165) is 0 Å². The summed E-state index contributed by atoms with van der Waals surface area (Å²) in [6.45, 7) is 5.09. The van der Waals surface area contributed by atoms with Crippen LogP contribution in [0, 0.1) is 5.82 Å². The van der Waals surface area contributed by atoms with Crippen LogP contribution in [0.4, 0.5) is 21.6 Å². The molecule has 0 unspecified atom stereocenters. The lowest BCUT2D eigenvalue weighted by Gasteiger charge is -2.18. The van der Waals surface area contributed by atoms with Crippen LogP contribution < -0.4 is 16.2 Å². The summed E-state index contributed by atoms with van der Waals surface area (Å²) < 4.78 is 14.4. The van der Waals surface area contributed by atoms with Gasteiger partial charge >= 0.3 is 0 Å². The summed E-state index contributed by atoms with van der Waals surface area (Å²) in [4.78, 5) is 35.4. The Labute approximate surface area is 182 Å². The number of halogens is 2. The lowest BCUT2D eigenvalue weighted by atomic mass is 10.0. The van der Waals surface area contributed by atoms with E-state index >= 15 is 0 Å². The van der Waals surface area contributed by atoms with Crippen molar-refractivity contribution in [1.29, 1.82) is 0 Å². The monoisotopic (exact) mass is 445 g/mol. The second-order valence-electron chi connectivity index (χ2n) is 7.19. The van der Waals surface area contributed by atoms with E-state index < -0.39 is 23.4 Å². The van der Waals surface area contributed by atoms with Crippen LogP contribution in [0.2, 0.25) is 5.02 Å². The Kier molecular flexibility index (Phi) is 6.67. The Balaban J connectivity index is 2.11. The largest absolute Gasteiger partial charge is 0.384 e. The number of benzene rings is 1. The van der Waals surface area contributed by atoms with Crippen molar-refractivity contribution in [2.75, 3.05) is 10.6 Å². The highest BCUT2D eigenvalue weighted by Gasteiger charge is 2.18. The molecule has 0 aliphatic rings. The van der Waals surface area contributed by atoms with Crippen LogP contribution in [0.3, 0.4) is 0 Å². The van der Waals surface area contributed by atoms with E-state index in [4.69, 9.17) is 11.6 Å². The van der Waals surface area contributed by atoms with Gasteiger partial charge in [-0.1, -0.05) is 25.4 Å². The number of nitrogens with one attached hydrogen (secondary N) is 3. The minimum Gasteiger partial charge on any atom is -0.384 e. The van der Waals surface area contributed by atoms with E-state index in [-0.39, 0.29) is 33.6 Å². The molecule has 3 rings (SSSR count). The highest BCUT2D eigenvalue weighted by molar-refractivity contribution is 6.30. The number of hydrogen-bond acceptors (Lipinski definition) is 6. The predicted molar refractivity (Wildman–Crippen MR) is 117 cm³/mol. The first-order valence-corrected chi connectivity index (χ1v) is 9.83. The van der Waals surface area contributed by atoms with E-state index in [1.165, 1.54) is 43.7 Å². The smallest absolute Gasteiger partial charge is 0.256 e. The van der Waals surface area contributed by atoms with Gasteiger partial charge in [-0.2, -0.15) is 0 Å². The zero-order valence-corrected chi connectivity index (χ0v) is 17.8. The SMILES string of the molecule is CC(C)c1[nH]c(=O)c(-c2cc(Cl)ccc2F)cc1Nc1ncncc1NC(=O)[C@H](C)O. The van der Waals surface area contributed by atoms with E-state index in [1.54, 1.807) is 0 Å². The van der Waals surface area contributed by atoms with Gasteiger partial charge in [-0.3, -0.25) is 9.59 Å². The van der Waals surface area contributed by atoms with Crippen LogP contribution in [0.5, 0.6) is 0 Å². The topological polar surface area (TPSA) is 120 Å². The van der Waals surface area contributed by atoms with Crippen LogP contribution >= 0.6 is 11.6 Å². The van der Waals surface area contributed by atoms with Crippen LogP contribution in [-0.4, -0.2) is 32.1 Å². The maximum absolute atomic E-state index is 14.4. The van der Waals surface area contributed by atoms with Crippen molar-refractivity contribution in [3.05, 3.63) is 63.7 Å². The molecule has 0 aliphatic heterocycles. The van der Waals surface area contributed by atoms with Crippen molar-refractivity contribution < 1.29 is 14.3 Å². The Morgan fingerprint density at radius 3 is 2.61 bits per heavy atom. The maximum atomic E-state index is 14.4. The molecule has 1 amide bonds. The Bertz CT molecular complexity index is 1180. The van der Waals surface area contributed by atoms with Crippen molar-refractivity contribution in [2.45, 2.75) is 32.8 Å². The molecule has 8 nitrogen and oxygen atoms in total. The normalized spacial score (nSPS) is 12.0. The molecule has 0 saturated carbocycles. The second-order valence-corrected chi connectivity index (χ2v) is 7.63. The van der Waals surface area contributed by atoms with Gasteiger partial charge in [0.1, 0.15) is 23.9 Å². The number of aromatic nitrogens is 3. The quantitative estimate of drug-likeness (QED) is 0.458. The zero-order chi connectivity index (χ0) is 22.7. The van der Waals surface area contributed by atoms with Gasteiger partial charge in [0.2, 0.25) is 0 Å². The number of rotatable bonds is 6. The molecule has 162 valence electrons. The van der Waals surface area contributed by atoms with Gasteiger partial charge in [0.05, 0.1) is 17.4 Å². The van der Waals surface area contributed by atoms with Crippen molar-refractivity contribution in [3.63, 3.8) is 0 Å². The Morgan fingerprint density at radius 1 is 1.19 bits per heavy atom. The predicted octanol–water partition coefficient (Wildman–Crippen LogP) is 3.81. The molecule has 3 aromatic rings. The van der Waals surface area contributed by atoms with Crippen LogP contribution in [0.15, 0.2) is 41.6 Å². The number of pyridine rings is 1.